The van der Waals surface area contributed by atoms with E-state index in [0.717, 1.165) is 16.8 Å². The molecule has 0 aliphatic carbocycles. The standard InChI is InChI=1S/C15H15NO/c1-11-7-8-13(9-12(11)2)14-5-3-4-6-15(14)16-10-17/h3-10H,1-2H3,(H,16,17). The molecule has 0 radical (unpaired) electrons. The normalized spacial score (nSPS) is 10.0. The van der Waals surface area contributed by atoms with Crippen molar-refractivity contribution < 1.29 is 4.79 Å². The summed E-state index contributed by atoms with van der Waals surface area (Å²) in [5, 5.41) is 2.73. The Morgan fingerprint density at radius 1 is 1.00 bits per heavy atom. The number of benzene rings is 2. The van der Waals surface area contributed by atoms with Crippen molar-refractivity contribution in [3.63, 3.8) is 0 Å². The number of hydrogen-bond acceptors (Lipinski definition) is 1. The van der Waals surface area contributed by atoms with Crippen molar-refractivity contribution >= 4 is 12.1 Å². The van der Waals surface area contributed by atoms with Crippen LogP contribution in [-0.2, 0) is 4.79 Å². The third-order valence-corrected chi connectivity index (χ3v) is 2.96. The third-order valence-electron chi connectivity index (χ3n) is 2.96. The monoisotopic (exact) mass is 225 g/mol. The van der Waals surface area contributed by atoms with E-state index in [-0.39, 0.29) is 0 Å². The molecule has 0 aliphatic rings. The fraction of sp³-hybridized carbons (Fsp3) is 0.133. The van der Waals surface area contributed by atoms with Crippen molar-refractivity contribution in [2.75, 3.05) is 5.32 Å². The number of hydrogen-bond donors (Lipinski definition) is 1. The van der Waals surface area contributed by atoms with E-state index in [4.69, 9.17) is 0 Å². The smallest absolute Gasteiger partial charge is 0.211 e. The molecule has 2 rings (SSSR count). The number of carbonyl (C=O) groups is 1. The minimum atomic E-state index is 0.708. The molecule has 2 nitrogen and oxygen atoms in total. The zero-order valence-corrected chi connectivity index (χ0v) is 10.0. The van der Waals surface area contributed by atoms with Gasteiger partial charge in [0, 0.05) is 11.3 Å². The Bertz CT molecular complexity index is 546. The Kier molecular flexibility index (Phi) is 3.24. The second-order valence-electron chi connectivity index (χ2n) is 4.11. The highest BCUT2D eigenvalue weighted by Crippen LogP contribution is 2.28. The van der Waals surface area contributed by atoms with Gasteiger partial charge in [0.2, 0.25) is 6.41 Å². The van der Waals surface area contributed by atoms with Gasteiger partial charge in [0.1, 0.15) is 0 Å². The molecule has 1 amide bonds. The van der Waals surface area contributed by atoms with Gasteiger partial charge in [-0.2, -0.15) is 0 Å². The van der Waals surface area contributed by atoms with E-state index in [2.05, 4.69) is 37.4 Å². The van der Waals surface area contributed by atoms with Crippen LogP contribution in [0, 0.1) is 13.8 Å². The van der Waals surface area contributed by atoms with Gasteiger partial charge in [-0.3, -0.25) is 4.79 Å². The Morgan fingerprint density at radius 3 is 2.47 bits per heavy atom. The molecular formula is C15H15NO. The van der Waals surface area contributed by atoms with Crippen molar-refractivity contribution in [3.8, 4) is 11.1 Å². The maximum absolute atomic E-state index is 10.6. The van der Waals surface area contributed by atoms with Gasteiger partial charge in [-0.1, -0.05) is 36.4 Å². The fourth-order valence-corrected chi connectivity index (χ4v) is 1.83. The summed E-state index contributed by atoms with van der Waals surface area (Å²) in [6.07, 6.45) is 0.708. The lowest BCUT2D eigenvalue weighted by Gasteiger charge is -2.10. The molecule has 0 aromatic heterocycles. The van der Waals surface area contributed by atoms with Gasteiger partial charge < -0.3 is 5.32 Å². The maximum Gasteiger partial charge on any atom is 0.211 e. The minimum Gasteiger partial charge on any atom is -0.328 e. The second-order valence-corrected chi connectivity index (χ2v) is 4.11. The van der Waals surface area contributed by atoms with Gasteiger partial charge in [-0.15, -0.1) is 0 Å². The Morgan fingerprint density at radius 2 is 1.76 bits per heavy atom. The highest BCUT2D eigenvalue weighted by atomic mass is 16.1. The number of anilines is 1. The van der Waals surface area contributed by atoms with E-state index < -0.39 is 0 Å². The van der Waals surface area contributed by atoms with E-state index in [1.165, 1.54) is 11.1 Å². The van der Waals surface area contributed by atoms with Crippen molar-refractivity contribution in [1.82, 2.24) is 0 Å². The molecule has 0 saturated carbocycles. The van der Waals surface area contributed by atoms with E-state index in [1.54, 1.807) is 0 Å². The summed E-state index contributed by atoms with van der Waals surface area (Å²) in [5.74, 6) is 0. The lowest BCUT2D eigenvalue weighted by atomic mass is 9.99. The quantitative estimate of drug-likeness (QED) is 0.795. The van der Waals surface area contributed by atoms with Crippen molar-refractivity contribution in [2.24, 2.45) is 0 Å². The highest BCUT2D eigenvalue weighted by molar-refractivity contribution is 5.85. The van der Waals surface area contributed by atoms with Crippen LogP contribution in [0.2, 0.25) is 0 Å². The molecule has 17 heavy (non-hydrogen) atoms. The Balaban J connectivity index is 2.51. The highest BCUT2D eigenvalue weighted by Gasteiger charge is 2.04. The van der Waals surface area contributed by atoms with Crippen LogP contribution in [0.4, 0.5) is 5.69 Å². The topological polar surface area (TPSA) is 29.1 Å². The summed E-state index contributed by atoms with van der Waals surface area (Å²) in [6, 6.07) is 14.1. The summed E-state index contributed by atoms with van der Waals surface area (Å²) >= 11 is 0. The first-order valence-corrected chi connectivity index (χ1v) is 5.59. The Labute approximate surface area is 101 Å². The molecule has 0 atom stereocenters. The van der Waals surface area contributed by atoms with Crippen LogP contribution >= 0.6 is 0 Å². The number of para-hydroxylation sites is 1. The number of aryl methyl sites for hydroxylation is 2. The molecule has 0 aliphatic heterocycles. The van der Waals surface area contributed by atoms with Crippen molar-refractivity contribution in [2.45, 2.75) is 13.8 Å². The summed E-state index contributed by atoms with van der Waals surface area (Å²) in [6.45, 7) is 4.18. The molecule has 2 aromatic rings. The lowest BCUT2D eigenvalue weighted by Crippen LogP contribution is -1.96. The fourth-order valence-electron chi connectivity index (χ4n) is 1.83. The first kappa shape index (κ1) is 11.4. The van der Waals surface area contributed by atoms with Crippen LogP contribution in [0.3, 0.4) is 0 Å². The van der Waals surface area contributed by atoms with E-state index >= 15 is 0 Å². The molecule has 2 aromatic carbocycles. The maximum atomic E-state index is 10.6. The SMILES string of the molecule is Cc1ccc(-c2ccccc2NC=O)cc1C. The molecule has 0 fully saturated rings. The molecule has 0 bridgehead atoms. The summed E-state index contributed by atoms with van der Waals surface area (Å²) < 4.78 is 0. The van der Waals surface area contributed by atoms with Crippen molar-refractivity contribution in [1.29, 1.82) is 0 Å². The molecular weight excluding hydrogens is 210 g/mol. The number of nitrogens with one attached hydrogen (secondary N) is 1. The summed E-state index contributed by atoms with van der Waals surface area (Å²) in [7, 11) is 0. The number of carbonyl (C=O) groups excluding carboxylic acids is 1. The van der Waals surface area contributed by atoms with Gasteiger partial charge in [0.25, 0.3) is 0 Å². The number of amides is 1. The van der Waals surface area contributed by atoms with E-state index in [1.807, 2.05) is 24.3 Å². The van der Waals surface area contributed by atoms with Crippen LogP contribution in [0.1, 0.15) is 11.1 Å². The molecule has 0 unspecified atom stereocenters. The van der Waals surface area contributed by atoms with Gasteiger partial charge in [-0.25, -0.2) is 0 Å². The molecule has 1 N–H and O–H groups in total. The summed E-state index contributed by atoms with van der Waals surface area (Å²) in [5.41, 5.74) is 5.53. The van der Waals surface area contributed by atoms with E-state index in [9.17, 15) is 4.79 Å². The average molecular weight is 225 g/mol. The van der Waals surface area contributed by atoms with Crippen LogP contribution in [0.5, 0.6) is 0 Å². The van der Waals surface area contributed by atoms with Crippen molar-refractivity contribution in [3.05, 3.63) is 53.6 Å². The first-order valence-electron chi connectivity index (χ1n) is 5.59. The number of rotatable bonds is 3. The van der Waals surface area contributed by atoms with Gasteiger partial charge in [-0.05, 0) is 36.6 Å². The third kappa shape index (κ3) is 2.36. The predicted molar refractivity (Wildman–Crippen MR) is 71.0 cm³/mol. The lowest BCUT2D eigenvalue weighted by molar-refractivity contribution is -0.105. The molecule has 2 heteroatoms. The molecule has 86 valence electrons. The largest absolute Gasteiger partial charge is 0.328 e. The zero-order chi connectivity index (χ0) is 12.3. The van der Waals surface area contributed by atoms with Gasteiger partial charge >= 0.3 is 0 Å². The molecule has 0 saturated heterocycles. The summed E-state index contributed by atoms with van der Waals surface area (Å²) in [4.78, 5) is 10.6. The van der Waals surface area contributed by atoms with Crippen LogP contribution in [0.25, 0.3) is 11.1 Å². The zero-order valence-electron chi connectivity index (χ0n) is 10.0. The van der Waals surface area contributed by atoms with Gasteiger partial charge in [0.15, 0.2) is 0 Å². The Hall–Kier alpha value is -2.09. The second kappa shape index (κ2) is 4.83. The van der Waals surface area contributed by atoms with E-state index in [0.29, 0.717) is 6.41 Å². The first-order chi connectivity index (χ1) is 8.22. The van der Waals surface area contributed by atoms with Gasteiger partial charge in [0.05, 0.1) is 0 Å². The molecule has 0 heterocycles. The van der Waals surface area contributed by atoms with Crippen LogP contribution < -0.4 is 5.32 Å². The predicted octanol–water partition coefficient (Wildman–Crippen LogP) is 3.54. The average Bonchev–Trinajstić information content (AvgIpc) is 2.34. The molecule has 0 spiro atoms. The minimum absolute atomic E-state index is 0.708. The van der Waals surface area contributed by atoms with Crippen LogP contribution in [-0.4, -0.2) is 6.41 Å². The van der Waals surface area contributed by atoms with Crippen LogP contribution in [0.15, 0.2) is 42.5 Å².